The van der Waals surface area contributed by atoms with Gasteiger partial charge < -0.3 is 14.7 Å². The predicted molar refractivity (Wildman–Crippen MR) is 78.2 cm³/mol. The Morgan fingerprint density at radius 3 is 2.70 bits per heavy atom. The minimum absolute atomic E-state index is 0.282. The highest BCUT2D eigenvalue weighted by Crippen LogP contribution is 2.33. The molecule has 2 fully saturated rings. The van der Waals surface area contributed by atoms with Gasteiger partial charge in [-0.15, -0.1) is 0 Å². The third kappa shape index (κ3) is 2.81. The van der Waals surface area contributed by atoms with E-state index in [1.165, 1.54) is 0 Å². The van der Waals surface area contributed by atoms with Crippen molar-refractivity contribution in [1.29, 1.82) is 0 Å². The summed E-state index contributed by atoms with van der Waals surface area (Å²) in [5.74, 6) is -0.951. The quantitative estimate of drug-likeness (QED) is 0.871. The molecule has 2 bridgehead atoms. The molecule has 0 saturated carbocycles. The van der Waals surface area contributed by atoms with Crippen LogP contribution in [0.2, 0.25) is 5.02 Å². The Balaban J connectivity index is 1.91. The second kappa shape index (κ2) is 5.46. The van der Waals surface area contributed by atoms with Crippen molar-refractivity contribution in [2.75, 3.05) is 18.0 Å². The van der Waals surface area contributed by atoms with Gasteiger partial charge in [0.25, 0.3) is 0 Å². The summed E-state index contributed by atoms with van der Waals surface area (Å²) < 4.78 is 5.83. The van der Waals surface area contributed by atoms with E-state index in [1.54, 1.807) is 12.1 Å². The van der Waals surface area contributed by atoms with E-state index in [0.29, 0.717) is 5.02 Å². The fourth-order valence-electron chi connectivity index (χ4n) is 2.90. The summed E-state index contributed by atoms with van der Waals surface area (Å²) >= 11 is 6.09. The van der Waals surface area contributed by atoms with Crippen molar-refractivity contribution in [3.63, 3.8) is 0 Å². The largest absolute Gasteiger partial charge is 0.478 e. The summed E-state index contributed by atoms with van der Waals surface area (Å²) in [6.45, 7) is 1.68. The normalized spacial score (nSPS) is 25.4. The Bertz CT molecular complexity index is 546. The number of ether oxygens (including phenoxy) is 1. The number of carbonyl (C=O) groups is 1. The monoisotopic (exact) mass is 293 g/mol. The second-order valence-electron chi connectivity index (χ2n) is 5.24. The molecule has 0 amide bonds. The number of hydrogen-bond acceptors (Lipinski definition) is 3. The molecule has 1 N–H and O–H groups in total. The summed E-state index contributed by atoms with van der Waals surface area (Å²) in [5, 5.41) is 9.44. The van der Waals surface area contributed by atoms with Gasteiger partial charge >= 0.3 is 5.97 Å². The highest BCUT2D eigenvalue weighted by Gasteiger charge is 2.34. The summed E-state index contributed by atoms with van der Waals surface area (Å²) in [7, 11) is 0. The molecule has 0 spiro atoms. The number of hydrogen-bond donors (Lipinski definition) is 1. The Hall–Kier alpha value is -1.52. The molecule has 20 heavy (non-hydrogen) atoms. The molecule has 2 aliphatic rings. The van der Waals surface area contributed by atoms with Crippen LogP contribution in [0.4, 0.5) is 5.69 Å². The Morgan fingerprint density at radius 1 is 1.35 bits per heavy atom. The molecule has 2 heterocycles. The summed E-state index contributed by atoms with van der Waals surface area (Å²) in [4.78, 5) is 12.9. The van der Waals surface area contributed by atoms with E-state index < -0.39 is 5.97 Å². The Morgan fingerprint density at radius 2 is 2.05 bits per heavy atom. The second-order valence-corrected chi connectivity index (χ2v) is 5.67. The molecule has 0 aliphatic carbocycles. The van der Waals surface area contributed by atoms with E-state index in [1.807, 2.05) is 12.1 Å². The first-order chi connectivity index (χ1) is 9.61. The van der Waals surface area contributed by atoms with Crippen molar-refractivity contribution in [3.8, 4) is 0 Å². The van der Waals surface area contributed by atoms with Crippen LogP contribution in [0.25, 0.3) is 6.08 Å². The van der Waals surface area contributed by atoms with E-state index in [4.69, 9.17) is 21.4 Å². The summed E-state index contributed by atoms with van der Waals surface area (Å²) in [5.41, 5.74) is 1.85. The van der Waals surface area contributed by atoms with Gasteiger partial charge in [0.2, 0.25) is 0 Å². The minimum Gasteiger partial charge on any atom is -0.478 e. The predicted octanol–water partition coefficient (Wildman–Crippen LogP) is 2.81. The fraction of sp³-hybridized carbons (Fsp3) is 0.400. The van der Waals surface area contributed by atoms with Crippen LogP contribution in [-0.4, -0.2) is 36.4 Å². The molecule has 1 aromatic carbocycles. The van der Waals surface area contributed by atoms with Gasteiger partial charge in [-0.3, -0.25) is 0 Å². The van der Waals surface area contributed by atoms with Crippen LogP contribution in [0.3, 0.4) is 0 Å². The molecule has 0 aromatic heterocycles. The summed E-state index contributed by atoms with van der Waals surface area (Å²) in [6.07, 6.45) is 5.53. The first-order valence-corrected chi connectivity index (χ1v) is 7.10. The molecule has 2 unspecified atom stereocenters. The fourth-order valence-corrected chi connectivity index (χ4v) is 3.07. The average molecular weight is 294 g/mol. The van der Waals surface area contributed by atoms with Gasteiger partial charge in [0, 0.05) is 29.9 Å². The summed E-state index contributed by atoms with van der Waals surface area (Å²) in [6, 6.07) is 5.53. The van der Waals surface area contributed by atoms with Gasteiger partial charge in [-0.05, 0) is 36.6 Å². The zero-order valence-electron chi connectivity index (χ0n) is 11.0. The van der Waals surface area contributed by atoms with Crippen LogP contribution in [0.5, 0.6) is 0 Å². The molecule has 2 atom stereocenters. The van der Waals surface area contributed by atoms with Gasteiger partial charge in [-0.25, -0.2) is 4.79 Å². The van der Waals surface area contributed by atoms with Gasteiger partial charge in [0.15, 0.2) is 0 Å². The Kier molecular flexibility index (Phi) is 3.68. The smallest absolute Gasteiger partial charge is 0.328 e. The number of anilines is 1. The zero-order valence-corrected chi connectivity index (χ0v) is 11.7. The van der Waals surface area contributed by atoms with Gasteiger partial charge in [-0.1, -0.05) is 17.7 Å². The number of carboxylic acid groups (broad SMARTS) is 1. The number of halogens is 1. The van der Waals surface area contributed by atoms with Gasteiger partial charge in [0.1, 0.15) is 0 Å². The molecule has 3 rings (SSSR count). The van der Waals surface area contributed by atoms with Crippen molar-refractivity contribution in [1.82, 2.24) is 0 Å². The zero-order chi connectivity index (χ0) is 14.1. The highest BCUT2D eigenvalue weighted by atomic mass is 35.5. The van der Waals surface area contributed by atoms with Crippen molar-refractivity contribution in [2.45, 2.75) is 25.0 Å². The van der Waals surface area contributed by atoms with Crippen molar-refractivity contribution in [3.05, 3.63) is 34.9 Å². The van der Waals surface area contributed by atoms with Crippen molar-refractivity contribution < 1.29 is 14.6 Å². The molecule has 4 nitrogen and oxygen atoms in total. The lowest BCUT2D eigenvalue weighted by Crippen LogP contribution is -2.42. The highest BCUT2D eigenvalue weighted by molar-refractivity contribution is 6.31. The van der Waals surface area contributed by atoms with Crippen LogP contribution in [0.15, 0.2) is 24.3 Å². The molecule has 2 aliphatic heterocycles. The van der Waals surface area contributed by atoms with Crippen molar-refractivity contribution >= 4 is 29.3 Å². The lowest BCUT2D eigenvalue weighted by molar-refractivity contribution is -0.131. The van der Waals surface area contributed by atoms with Crippen LogP contribution in [0, 0.1) is 0 Å². The maximum atomic E-state index is 10.7. The van der Waals surface area contributed by atoms with Crippen LogP contribution < -0.4 is 4.90 Å². The number of carboxylic acids is 1. The average Bonchev–Trinajstić information content (AvgIpc) is 2.76. The number of benzene rings is 1. The number of aliphatic carboxylic acids is 1. The SMILES string of the molecule is O=C(O)/C=C/c1ccc(Cl)cc1N1CC2CCC(C1)O2. The van der Waals surface area contributed by atoms with Gasteiger partial charge in [0.05, 0.1) is 12.2 Å². The van der Waals surface area contributed by atoms with E-state index >= 15 is 0 Å². The van der Waals surface area contributed by atoms with E-state index in [2.05, 4.69) is 4.90 Å². The van der Waals surface area contributed by atoms with Crippen LogP contribution >= 0.6 is 11.6 Å². The standard InChI is InChI=1S/C15H16ClNO3/c16-11-3-1-10(2-6-15(18)19)14(7-11)17-8-12-4-5-13(9-17)20-12/h1-3,6-7,12-13H,4-5,8-9H2,(H,18,19)/b6-2+. The molecule has 1 aromatic rings. The van der Waals surface area contributed by atoms with Crippen LogP contribution in [0.1, 0.15) is 18.4 Å². The maximum Gasteiger partial charge on any atom is 0.328 e. The number of morpholine rings is 1. The third-order valence-corrected chi connectivity index (χ3v) is 4.02. The van der Waals surface area contributed by atoms with Crippen LogP contribution in [-0.2, 0) is 9.53 Å². The lowest BCUT2D eigenvalue weighted by Gasteiger charge is -2.34. The maximum absolute atomic E-state index is 10.7. The third-order valence-electron chi connectivity index (χ3n) is 3.78. The first-order valence-electron chi connectivity index (χ1n) is 6.73. The van der Waals surface area contributed by atoms with E-state index in [-0.39, 0.29) is 12.2 Å². The molecule has 2 saturated heterocycles. The molecule has 5 heteroatoms. The molecular weight excluding hydrogens is 278 g/mol. The first kappa shape index (κ1) is 13.5. The Labute approximate surface area is 122 Å². The topological polar surface area (TPSA) is 49.8 Å². The van der Waals surface area contributed by atoms with E-state index in [0.717, 1.165) is 43.3 Å². The lowest BCUT2D eigenvalue weighted by atomic mass is 10.1. The molecular formula is C15H16ClNO3. The number of nitrogens with zero attached hydrogens (tertiary/aromatic N) is 1. The molecule has 0 radical (unpaired) electrons. The molecule has 106 valence electrons. The minimum atomic E-state index is -0.951. The number of rotatable bonds is 3. The van der Waals surface area contributed by atoms with Gasteiger partial charge in [-0.2, -0.15) is 0 Å². The van der Waals surface area contributed by atoms with E-state index in [9.17, 15) is 4.79 Å². The number of fused-ring (bicyclic) bond motifs is 2. The van der Waals surface area contributed by atoms with Crippen molar-refractivity contribution in [2.24, 2.45) is 0 Å².